The van der Waals surface area contributed by atoms with Crippen molar-refractivity contribution >= 4 is 11.6 Å². The second kappa shape index (κ2) is 4.27. The highest BCUT2D eigenvalue weighted by Gasteiger charge is 2.24. The SMILES string of the molecule is CC1CN(c2ccc(C#N)nn2)CCC1=O. The molecular formula is C11H12N4O. The monoisotopic (exact) mass is 216 g/mol. The summed E-state index contributed by atoms with van der Waals surface area (Å²) in [5.74, 6) is 1.09. The van der Waals surface area contributed by atoms with Crippen LogP contribution >= 0.6 is 0 Å². The second-order valence-corrected chi connectivity index (χ2v) is 3.95. The zero-order valence-corrected chi connectivity index (χ0v) is 9.05. The summed E-state index contributed by atoms with van der Waals surface area (Å²) < 4.78 is 0. The van der Waals surface area contributed by atoms with Crippen LogP contribution in [0.1, 0.15) is 19.0 Å². The van der Waals surface area contributed by atoms with Gasteiger partial charge < -0.3 is 4.90 Å². The Kier molecular flexibility index (Phi) is 2.82. The highest BCUT2D eigenvalue weighted by atomic mass is 16.1. The lowest BCUT2D eigenvalue weighted by molar-refractivity contribution is -0.122. The number of carbonyl (C=O) groups is 1. The minimum absolute atomic E-state index is 0.0474. The number of hydrogen-bond acceptors (Lipinski definition) is 5. The second-order valence-electron chi connectivity index (χ2n) is 3.95. The summed E-state index contributed by atoms with van der Waals surface area (Å²) in [4.78, 5) is 13.4. The van der Waals surface area contributed by atoms with Gasteiger partial charge in [-0.25, -0.2) is 0 Å². The van der Waals surface area contributed by atoms with Crippen LogP contribution in [0.5, 0.6) is 0 Å². The van der Waals surface area contributed by atoms with E-state index in [-0.39, 0.29) is 5.92 Å². The van der Waals surface area contributed by atoms with Gasteiger partial charge in [-0.15, -0.1) is 10.2 Å². The predicted octanol–water partition coefficient (Wildman–Crippen LogP) is 0.764. The Balaban J connectivity index is 2.13. The van der Waals surface area contributed by atoms with Crippen molar-refractivity contribution in [1.29, 1.82) is 5.26 Å². The van der Waals surface area contributed by atoms with Crippen LogP contribution < -0.4 is 4.90 Å². The highest BCUT2D eigenvalue weighted by Crippen LogP contribution is 2.18. The van der Waals surface area contributed by atoms with Gasteiger partial charge in [0.25, 0.3) is 0 Å². The molecule has 82 valence electrons. The van der Waals surface area contributed by atoms with Gasteiger partial charge in [0, 0.05) is 25.4 Å². The molecule has 0 spiro atoms. The normalized spacial score (nSPS) is 20.6. The maximum Gasteiger partial charge on any atom is 0.163 e. The maximum atomic E-state index is 11.4. The van der Waals surface area contributed by atoms with Crippen LogP contribution in [0.25, 0.3) is 0 Å². The zero-order valence-electron chi connectivity index (χ0n) is 9.05. The molecule has 0 saturated carbocycles. The summed E-state index contributed by atoms with van der Waals surface area (Å²) in [5, 5.41) is 16.4. The molecule has 0 aromatic carbocycles. The number of rotatable bonds is 1. The largest absolute Gasteiger partial charge is 0.354 e. The molecule has 1 unspecified atom stereocenters. The Morgan fingerprint density at radius 2 is 2.31 bits per heavy atom. The average Bonchev–Trinajstić information content (AvgIpc) is 2.33. The highest BCUT2D eigenvalue weighted by molar-refractivity contribution is 5.83. The van der Waals surface area contributed by atoms with Crippen molar-refractivity contribution < 1.29 is 4.79 Å². The van der Waals surface area contributed by atoms with Crippen LogP contribution in [-0.4, -0.2) is 29.1 Å². The van der Waals surface area contributed by atoms with Crippen molar-refractivity contribution in [3.8, 4) is 6.07 Å². The third kappa shape index (κ3) is 2.01. The molecule has 1 aliphatic heterocycles. The Bertz CT molecular complexity index is 434. The van der Waals surface area contributed by atoms with E-state index in [1.54, 1.807) is 12.1 Å². The van der Waals surface area contributed by atoms with Crippen molar-refractivity contribution in [2.75, 3.05) is 18.0 Å². The number of aromatic nitrogens is 2. The van der Waals surface area contributed by atoms with E-state index < -0.39 is 0 Å². The molecular weight excluding hydrogens is 204 g/mol. The standard InChI is InChI=1S/C11H12N4O/c1-8-7-15(5-4-10(8)16)11-3-2-9(6-12)13-14-11/h2-3,8H,4-5,7H2,1H3. The predicted molar refractivity (Wildman–Crippen MR) is 57.7 cm³/mol. The molecule has 0 N–H and O–H groups in total. The van der Waals surface area contributed by atoms with Gasteiger partial charge in [-0.2, -0.15) is 5.26 Å². The van der Waals surface area contributed by atoms with E-state index in [4.69, 9.17) is 5.26 Å². The number of ketones is 1. The van der Waals surface area contributed by atoms with Gasteiger partial charge in [0.2, 0.25) is 0 Å². The number of carbonyl (C=O) groups excluding carboxylic acids is 1. The molecule has 2 rings (SSSR count). The molecule has 5 heteroatoms. The molecule has 1 saturated heterocycles. The Labute approximate surface area is 93.7 Å². The van der Waals surface area contributed by atoms with Crippen molar-refractivity contribution in [2.24, 2.45) is 5.92 Å². The first kappa shape index (κ1) is 10.6. The third-order valence-electron chi connectivity index (χ3n) is 2.76. The topological polar surface area (TPSA) is 69.9 Å². The lowest BCUT2D eigenvalue weighted by Crippen LogP contribution is -2.40. The van der Waals surface area contributed by atoms with Crippen LogP contribution in [0.3, 0.4) is 0 Å². The molecule has 0 radical (unpaired) electrons. The zero-order chi connectivity index (χ0) is 11.5. The van der Waals surface area contributed by atoms with E-state index in [1.807, 2.05) is 17.9 Å². The van der Waals surface area contributed by atoms with E-state index in [0.717, 1.165) is 5.82 Å². The van der Waals surface area contributed by atoms with Crippen LogP contribution in [0.2, 0.25) is 0 Å². The fraction of sp³-hybridized carbons (Fsp3) is 0.455. The fourth-order valence-corrected chi connectivity index (χ4v) is 1.78. The lowest BCUT2D eigenvalue weighted by Gasteiger charge is -2.30. The van der Waals surface area contributed by atoms with Crippen molar-refractivity contribution in [3.05, 3.63) is 17.8 Å². The summed E-state index contributed by atoms with van der Waals surface area (Å²) in [6.45, 7) is 3.29. The fourth-order valence-electron chi connectivity index (χ4n) is 1.78. The van der Waals surface area contributed by atoms with Crippen LogP contribution in [0.15, 0.2) is 12.1 Å². The number of hydrogen-bond donors (Lipinski definition) is 0. The van der Waals surface area contributed by atoms with Gasteiger partial charge >= 0.3 is 0 Å². The molecule has 16 heavy (non-hydrogen) atoms. The lowest BCUT2D eigenvalue weighted by atomic mass is 9.99. The first-order chi connectivity index (χ1) is 7.70. The summed E-state index contributed by atoms with van der Waals surface area (Å²) in [7, 11) is 0. The smallest absolute Gasteiger partial charge is 0.163 e. The number of piperidine rings is 1. The number of nitrogens with zero attached hydrogens (tertiary/aromatic N) is 4. The van der Waals surface area contributed by atoms with Gasteiger partial charge in [0.1, 0.15) is 11.9 Å². The molecule has 1 aromatic rings. The Morgan fingerprint density at radius 1 is 1.50 bits per heavy atom. The van der Waals surface area contributed by atoms with E-state index in [9.17, 15) is 4.79 Å². The van der Waals surface area contributed by atoms with Gasteiger partial charge in [0.05, 0.1) is 0 Å². The van der Waals surface area contributed by atoms with Gasteiger partial charge in [-0.3, -0.25) is 4.79 Å². The summed E-state index contributed by atoms with van der Waals surface area (Å²) >= 11 is 0. The molecule has 0 bridgehead atoms. The van der Waals surface area contributed by atoms with E-state index in [0.29, 0.717) is 31.0 Å². The van der Waals surface area contributed by atoms with Gasteiger partial charge in [-0.1, -0.05) is 6.92 Å². The molecule has 1 aromatic heterocycles. The van der Waals surface area contributed by atoms with Crippen molar-refractivity contribution in [1.82, 2.24) is 10.2 Å². The number of nitriles is 1. The minimum Gasteiger partial charge on any atom is -0.354 e. The summed E-state index contributed by atoms with van der Waals surface area (Å²) in [5.41, 5.74) is 0.310. The van der Waals surface area contributed by atoms with E-state index in [2.05, 4.69) is 10.2 Å². The first-order valence-corrected chi connectivity index (χ1v) is 5.22. The molecule has 1 fully saturated rings. The number of anilines is 1. The maximum absolute atomic E-state index is 11.4. The third-order valence-corrected chi connectivity index (χ3v) is 2.76. The van der Waals surface area contributed by atoms with Gasteiger partial charge in [0.15, 0.2) is 11.5 Å². The summed E-state index contributed by atoms with van der Waals surface area (Å²) in [6, 6.07) is 5.34. The molecule has 1 atom stereocenters. The van der Waals surface area contributed by atoms with Crippen LogP contribution in [-0.2, 0) is 4.79 Å². The first-order valence-electron chi connectivity index (χ1n) is 5.22. The Morgan fingerprint density at radius 3 is 2.88 bits per heavy atom. The quantitative estimate of drug-likeness (QED) is 0.693. The van der Waals surface area contributed by atoms with Crippen LogP contribution in [0, 0.1) is 17.2 Å². The molecule has 2 heterocycles. The van der Waals surface area contributed by atoms with E-state index in [1.165, 1.54) is 0 Å². The molecule has 0 amide bonds. The van der Waals surface area contributed by atoms with E-state index >= 15 is 0 Å². The minimum atomic E-state index is 0.0474. The van der Waals surface area contributed by atoms with Crippen molar-refractivity contribution in [2.45, 2.75) is 13.3 Å². The van der Waals surface area contributed by atoms with Crippen LogP contribution in [0.4, 0.5) is 5.82 Å². The molecule has 5 nitrogen and oxygen atoms in total. The summed E-state index contributed by atoms with van der Waals surface area (Å²) in [6.07, 6.45) is 0.558. The van der Waals surface area contributed by atoms with Crippen molar-refractivity contribution in [3.63, 3.8) is 0 Å². The molecule has 1 aliphatic rings. The Hall–Kier alpha value is -1.96. The van der Waals surface area contributed by atoms with Gasteiger partial charge in [-0.05, 0) is 12.1 Å². The molecule has 0 aliphatic carbocycles. The average molecular weight is 216 g/mol. The number of Topliss-reactive ketones (excluding diaryl/α,β-unsaturated/α-hetero) is 1.